The second-order valence-electron chi connectivity index (χ2n) is 5.56. The molecule has 0 spiro atoms. The van der Waals surface area contributed by atoms with Gasteiger partial charge in [0.25, 0.3) is 0 Å². The summed E-state index contributed by atoms with van der Waals surface area (Å²) in [5, 5.41) is 3.00. The molecule has 0 saturated heterocycles. The van der Waals surface area contributed by atoms with Gasteiger partial charge in [0, 0.05) is 13.2 Å². The number of carbonyl (C=O) groups excluding carboxylic acids is 1. The Balaban J connectivity index is 3.31. The molecule has 4 nitrogen and oxygen atoms in total. The van der Waals surface area contributed by atoms with E-state index in [1.54, 1.807) is 0 Å². The summed E-state index contributed by atoms with van der Waals surface area (Å²) < 4.78 is 10.6. The lowest BCUT2D eigenvalue weighted by Crippen LogP contribution is -2.33. The fourth-order valence-corrected chi connectivity index (χ4v) is 1.13. The summed E-state index contributed by atoms with van der Waals surface area (Å²) in [5.41, 5.74) is -0.410. The molecule has 0 aromatic heterocycles. The van der Waals surface area contributed by atoms with Crippen molar-refractivity contribution in [3.8, 4) is 0 Å². The molecule has 0 aliphatic heterocycles. The number of nitrogens with one attached hydrogen (secondary N) is 1. The number of ether oxygens (including phenoxy) is 2. The third-order valence-electron chi connectivity index (χ3n) is 1.95. The number of hydrogen-bond acceptors (Lipinski definition) is 4. The van der Waals surface area contributed by atoms with Crippen molar-refractivity contribution in [2.24, 2.45) is 5.92 Å². The van der Waals surface area contributed by atoms with Gasteiger partial charge < -0.3 is 14.8 Å². The zero-order valence-corrected chi connectivity index (χ0v) is 11.8. The Hall–Kier alpha value is -0.610. The first-order chi connectivity index (χ1) is 7.81. The van der Waals surface area contributed by atoms with Crippen LogP contribution < -0.4 is 5.32 Å². The minimum Gasteiger partial charge on any atom is -0.459 e. The van der Waals surface area contributed by atoms with Crippen LogP contribution in [0.5, 0.6) is 0 Å². The summed E-state index contributed by atoms with van der Waals surface area (Å²) in [6.45, 7) is 12.3. The molecule has 0 aromatic rings. The van der Waals surface area contributed by atoms with Gasteiger partial charge in [0.05, 0.1) is 13.2 Å². The van der Waals surface area contributed by atoms with Gasteiger partial charge in [-0.25, -0.2) is 0 Å². The van der Waals surface area contributed by atoms with E-state index in [2.05, 4.69) is 19.2 Å². The SMILES string of the molecule is CC(C)CCOCCNCC(=O)OC(C)(C)C. The first-order valence-electron chi connectivity index (χ1n) is 6.31. The number of rotatable bonds is 8. The molecule has 0 aromatic carbocycles. The first-order valence-corrected chi connectivity index (χ1v) is 6.31. The van der Waals surface area contributed by atoms with Crippen molar-refractivity contribution >= 4 is 5.97 Å². The largest absolute Gasteiger partial charge is 0.459 e. The molecule has 0 bridgehead atoms. The minimum absolute atomic E-state index is 0.223. The predicted octanol–water partition coefficient (Wildman–Crippen LogP) is 1.98. The zero-order valence-electron chi connectivity index (χ0n) is 11.8. The fraction of sp³-hybridized carbons (Fsp3) is 0.923. The van der Waals surface area contributed by atoms with Crippen LogP contribution in [0.2, 0.25) is 0 Å². The van der Waals surface area contributed by atoms with Gasteiger partial charge in [-0.2, -0.15) is 0 Å². The van der Waals surface area contributed by atoms with Crippen LogP contribution in [-0.2, 0) is 14.3 Å². The van der Waals surface area contributed by atoms with E-state index in [1.165, 1.54) is 0 Å². The van der Waals surface area contributed by atoms with Crippen LogP contribution in [0, 0.1) is 5.92 Å². The number of carbonyl (C=O) groups is 1. The average molecular weight is 245 g/mol. The highest BCUT2D eigenvalue weighted by Crippen LogP contribution is 2.06. The molecular weight excluding hydrogens is 218 g/mol. The lowest BCUT2D eigenvalue weighted by atomic mass is 10.1. The highest BCUT2D eigenvalue weighted by atomic mass is 16.6. The van der Waals surface area contributed by atoms with Gasteiger partial charge in [0.1, 0.15) is 5.60 Å². The third-order valence-corrected chi connectivity index (χ3v) is 1.95. The Labute approximate surface area is 105 Å². The maximum Gasteiger partial charge on any atom is 0.320 e. The molecule has 0 fully saturated rings. The molecule has 0 unspecified atom stereocenters. The quantitative estimate of drug-likeness (QED) is 0.525. The van der Waals surface area contributed by atoms with Gasteiger partial charge in [-0.3, -0.25) is 4.79 Å². The van der Waals surface area contributed by atoms with Crippen molar-refractivity contribution in [2.75, 3.05) is 26.3 Å². The molecule has 0 rings (SSSR count). The lowest BCUT2D eigenvalue weighted by molar-refractivity contribution is -0.153. The van der Waals surface area contributed by atoms with Crippen LogP contribution in [0.25, 0.3) is 0 Å². The van der Waals surface area contributed by atoms with E-state index in [0.717, 1.165) is 13.0 Å². The standard InChI is InChI=1S/C13H27NO3/c1-11(2)6-8-16-9-7-14-10-12(15)17-13(3,4)5/h11,14H,6-10H2,1-5H3. The van der Waals surface area contributed by atoms with Gasteiger partial charge in [-0.05, 0) is 33.1 Å². The number of esters is 1. The summed E-state index contributed by atoms with van der Waals surface area (Å²) in [4.78, 5) is 11.3. The topological polar surface area (TPSA) is 47.6 Å². The van der Waals surface area contributed by atoms with Crippen LogP contribution in [0.3, 0.4) is 0 Å². The van der Waals surface area contributed by atoms with Crippen LogP contribution >= 0.6 is 0 Å². The Bertz CT molecular complexity index is 209. The molecule has 0 radical (unpaired) electrons. The molecule has 102 valence electrons. The maximum absolute atomic E-state index is 11.3. The molecule has 1 N–H and O–H groups in total. The average Bonchev–Trinajstić information content (AvgIpc) is 2.12. The number of hydrogen-bond donors (Lipinski definition) is 1. The molecule has 0 aliphatic carbocycles. The van der Waals surface area contributed by atoms with E-state index in [0.29, 0.717) is 19.1 Å². The van der Waals surface area contributed by atoms with E-state index in [4.69, 9.17) is 9.47 Å². The second-order valence-corrected chi connectivity index (χ2v) is 5.56. The van der Waals surface area contributed by atoms with Crippen molar-refractivity contribution in [1.29, 1.82) is 0 Å². The van der Waals surface area contributed by atoms with E-state index >= 15 is 0 Å². The Morgan fingerprint density at radius 1 is 1.24 bits per heavy atom. The van der Waals surface area contributed by atoms with E-state index in [1.807, 2.05) is 20.8 Å². The van der Waals surface area contributed by atoms with Crippen molar-refractivity contribution < 1.29 is 14.3 Å². The maximum atomic E-state index is 11.3. The van der Waals surface area contributed by atoms with Crippen molar-refractivity contribution in [2.45, 2.75) is 46.6 Å². The summed E-state index contributed by atoms with van der Waals surface area (Å²) in [5.74, 6) is 0.449. The smallest absolute Gasteiger partial charge is 0.320 e. The van der Waals surface area contributed by atoms with Gasteiger partial charge >= 0.3 is 5.97 Å². The monoisotopic (exact) mass is 245 g/mol. The van der Waals surface area contributed by atoms with Gasteiger partial charge in [0.15, 0.2) is 0 Å². The highest BCUT2D eigenvalue weighted by Gasteiger charge is 2.15. The molecule has 0 amide bonds. The third kappa shape index (κ3) is 13.3. The summed E-state index contributed by atoms with van der Waals surface area (Å²) >= 11 is 0. The van der Waals surface area contributed by atoms with Gasteiger partial charge in [-0.15, -0.1) is 0 Å². The van der Waals surface area contributed by atoms with E-state index in [-0.39, 0.29) is 12.5 Å². The molecular formula is C13H27NO3. The fourth-order valence-electron chi connectivity index (χ4n) is 1.13. The lowest BCUT2D eigenvalue weighted by Gasteiger charge is -2.19. The van der Waals surface area contributed by atoms with Gasteiger partial charge in [-0.1, -0.05) is 13.8 Å². The first kappa shape index (κ1) is 16.4. The Morgan fingerprint density at radius 3 is 2.41 bits per heavy atom. The Kier molecular flexibility index (Phi) is 8.17. The van der Waals surface area contributed by atoms with E-state index in [9.17, 15) is 4.79 Å². The molecule has 4 heteroatoms. The summed E-state index contributed by atoms with van der Waals surface area (Å²) in [6, 6.07) is 0. The molecule has 0 saturated carbocycles. The normalized spacial score (nSPS) is 11.9. The molecule has 0 heterocycles. The molecule has 0 aliphatic rings. The summed E-state index contributed by atoms with van der Waals surface area (Å²) in [6.07, 6.45) is 1.08. The van der Waals surface area contributed by atoms with Crippen molar-refractivity contribution in [3.05, 3.63) is 0 Å². The minimum atomic E-state index is -0.410. The van der Waals surface area contributed by atoms with Crippen molar-refractivity contribution in [1.82, 2.24) is 5.32 Å². The highest BCUT2D eigenvalue weighted by molar-refractivity contribution is 5.72. The van der Waals surface area contributed by atoms with Crippen LogP contribution in [0.15, 0.2) is 0 Å². The van der Waals surface area contributed by atoms with Gasteiger partial charge in [0.2, 0.25) is 0 Å². The second kappa shape index (κ2) is 8.48. The molecule has 0 atom stereocenters. The Morgan fingerprint density at radius 2 is 1.88 bits per heavy atom. The van der Waals surface area contributed by atoms with Crippen LogP contribution in [-0.4, -0.2) is 37.9 Å². The predicted molar refractivity (Wildman–Crippen MR) is 69.0 cm³/mol. The van der Waals surface area contributed by atoms with Crippen molar-refractivity contribution in [3.63, 3.8) is 0 Å². The zero-order chi connectivity index (χ0) is 13.3. The molecule has 17 heavy (non-hydrogen) atoms. The summed E-state index contributed by atoms with van der Waals surface area (Å²) in [7, 11) is 0. The van der Waals surface area contributed by atoms with Crippen LogP contribution in [0.1, 0.15) is 41.0 Å². The van der Waals surface area contributed by atoms with Crippen LogP contribution in [0.4, 0.5) is 0 Å². The van der Waals surface area contributed by atoms with E-state index < -0.39 is 5.60 Å².